The topological polar surface area (TPSA) is 87.0 Å². The van der Waals surface area contributed by atoms with Crippen LogP contribution in [0.25, 0.3) is 11.5 Å². The summed E-state index contributed by atoms with van der Waals surface area (Å²) in [6.45, 7) is 0.241. The zero-order chi connectivity index (χ0) is 16.7. The van der Waals surface area contributed by atoms with Gasteiger partial charge in [0.1, 0.15) is 5.76 Å². The van der Waals surface area contributed by atoms with Gasteiger partial charge in [-0.15, -0.1) is 10.2 Å². The largest absolute Gasteiger partial charge is 0.444 e. The number of rotatable bonds is 5. The summed E-state index contributed by atoms with van der Waals surface area (Å²) in [5.41, 5.74) is -0.0550. The number of aromatic nitrogens is 4. The van der Waals surface area contributed by atoms with E-state index in [2.05, 4.69) is 15.2 Å². The van der Waals surface area contributed by atoms with Crippen molar-refractivity contribution in [3.8, 4) is 11.5 Å². The molecule has 0 radical (unpaired) electrons. The molecule has 1 fully saturated rings. The normalized spacial score (nSPS) is 14.5. The van der Waals surface area contributed by atoms with Crippen LogP contribution >= 0.6 is 0 Å². The van der Waals surface area contributed by atoms with Crippen LogP contribution < -0.4 is 5.56 Å². The average molecular weight is 334 g/mol. The molecule has 24 heavy (non-hydrogen) atoms. The van der Waals surface area contributed by atoms with E-state index in [1.54, 1.807) is 12.3 Å². The Labute approximate surface area is 134 Å². The van der Waals surface area contributed by atoms with Gasteiger partial charge in [0.25, 0.3) is 11.4 Å². The molecule has 124 valence electrons. The fraction of sp³-hybridized carbons (Fsp3) is 0.333. The molecule has 0 bridgehead atoms. The van der Waals surface area contributed by atoms with E-state index in [9.17, 15) is 13.6 Å². The molecule has 9 heteroatoms. The second-order valence-corrected chi connectivity index (χ2v) is 5.57. The third-order valence-electron chi connectivity index (χ3n) is 3.69. The SMILES string of the molecule is O=c1cc(-c2nnc(C(F)F)o2)ccn1Cc1cnc(C2CC2)o1. The minimum atomic E-state index is -2.85. The van der Waals surface area contributed by atoms with Gasteiger partial charge in [0.05, 0.1) is 12.7 Å². The van der Waals surface area contributed by atoms with Crippen molar-refractivity contribution in [2.75, 3.05) is 0 Å². The second kappa shape index (κ2) is 5.66. The number of hydrogen-bond donors (Lipinski definition) is 0. The first-order valence-electron chi connectivity index (χ1n) is 7.37. The van der Waals surface area contributed by atoms with E-state index in [4.69, 9.17) is 8.83 Å². The number of nitrogens with zero attached hydrogens (tertiary/aromatic N) is 4. The van der Waals surface area contributed by atoms with E-state index in [1.165, 1.54) is 16.8 Å². The number of hydrogen-bond acceptors (Lipinski definition) is 6. The smallest absolute Gasteiger partial charge is 0.314 e. The molecule has 1 aliphatic rings. The van der Waals surface area contributed by atoms with Crippen molar-refractivity contribution in [3.05, 3.63) is 52.4 Å². The Kier molecular flexibility index (Phi) is 3.47. The molecule has 0 atom stereocenters. The van der Waals surface area contributed by atoms with Crippen molar-refractivity contribution in [2.24, 2.45) is 0 Å². The molecule has 0 N–H and O–H groups in total. The maximum atomic E-state index is 12.5. The summed E-state index contributed by atoms with van der Waals surface area (Å²) in [5, 5.41) is 6.76. The van der Waals surface area contributed by atoms with E-state index in [0.29, 0.717) is 17.6 Å². The summed E-state index contributed by atoms with van der Waals surface area (Å²) in [5.74, 6) is 0.803. The lowest BCUT2D eigenvalue weighted by Gasteiger charge is -2.03. The van der Waals surface area contributed by atoms with Crippen LogP contribution in [0.15, 0.2) is 38.2 Å². The summed E-state index contributed by atoms with van der Waals surface area (Å²) in [6, 6.07) is 2.79. The predicted octanol–water partition coefficient (Wildman–Crippen LogP) is 2.75. The van der Waals surface area contributed by atoms with Gasteiger partial charge in [0.2, 0.25) is 5.89 Å². The summed E-state index contributed by atoms with van der Waals surface area (Å²) in [7, 11) is 0. The minimum absolute atomic E-state index is 0.120. The molecule has 1 aliphatic carbocycles. The van der Waals surface area contributed by atoms with Gasteiger partial charge in [-0.3, -0.25) is 4.79 Å². The third kappa shape index (κ3) is 2.84. The van der Waals surface area contributed by atoms with Crippen molar-refractivity contribution < 1.29 is 17.6 Å². The summed E-state index contributed by atoms with van der Waals surface area (Å²) < 4.78 is 36.8. The van der Waals surface area contributed by atoms with E-state index in [-0.39, 0.29) is 23.6 Å². The molecular weight excluding hydrogens is 322 g/mol. The minimum Gasteiger partial charge on any atom is -0.444 e. The Morgan fingerprint density at radius 2 is 2.12 bits per heavy atom. The first-order chi connectivity index (χ1) is 11.6. The van der Waals surface area contributed by atoms with E-state index in [0.717, 1.165) is 12.8 Å². The van der Waals surface area contributed by atoms with Gasteiger partial charge in [-0.05, 0) is 18.9 Å². The summed E-state index contributed by atoms with van der Waals surface area (Å²) in [4.78, 5) is 16.4. The number of halogens is 2. The van der Waals surface area contributed by atoms with Crippen LogP contribution in [-0.2, 0) is 6.54 Å². The van der Waals surface area contributed by atoms with E-state index >= 15 is 0 Å². The lowest BCUT2D eigenvalue weighted by atomic mass is 10.2. The Bertz CT molecular complexity index is 927. The lowest BCUT2D eigenvalue weighted by molar-refractivity contribution is 0.116. The maximum absolute atomic E-state index is 12.5. The molecule has 1 saturated carbocycles. The molecule has 0 spiro atoms. The molecule has 7 nitrogen and oxygen atoms in total. The molecule has 0 saturated heterocycles. The molecule has 0 unspecified atom stereocenters. The first-order valence-corrected chi connectivity index (χ1v) is 7.37. The molecule has 0 aromatic carbocycles. The van der Waals surface area contributed by atoms with Crippen LogP contribution in [0.3, 0.4) is 0 Å². The zero-order valence-corrected chi connectivity index (χ0v) is 12.4. The number of pyridine rings is 1. The molecule has 4 rings (SSSR count). The number of alkyl halides is 2. The maximum Gasteiger partial charge on any atom is 0.314 e. The number of oxazole rings is 1. The predicted molar refractivity (Wildman–Crippen MR) is 76.5 cm³/mol. The van der Waals surface area contributed by atoms with Crippen LogP contribution in [-0.4, -0.2) is 19.7 Å². The molecule has 3 aromatic heterocycles. The van der Waals surface area contributed by atoms with Crippen LogP contribution in [0, 0.1) is 0 Å². The highest BCUT2D eigenvalue weighted by atomic mass is 19.3. The van der Waals surface area contributed by atoms with Gasteiger partial charge < -0.3 is 13.4 Å². The monoisotopic (exact) mass is 334 g/mol. The first kappa shape index (κ1) is 14.7. The van der Waals surface area contributed by atoms with Gasteiger partial charge in [-0.25, -0.2) is 4.98 Å². The Morgan fingerprint density at radius 1 is 1.29 bits per heavy atom. The van der Waals surface area contributed by atoms with Crippen LogP contribution in [0.1, 0.15) is 42.7 Å². The van der Waals surface area contributed by atoms with Gasteiger partial charge in [0.15, 0.2) is 5.89 Å². The Morgan fingerprint density at radius 3 is 2.79 bits per heavy atom. The van der Waals surface area contributed by atoms with Gasteiger partial charge in [0, 0.05) is 23.7 Å². The molecule has 3 aromatic rings. The fourth-order valence-electron chi connectivity index (χ4n) is 2.29. The van der Waals surface area contributed by atoms with Crippen LogP contribution in [0.5, 0.6) is 0 Å². The van der Waals surface area contributed by atoms with Crippen molar-refractivity contribution in [2.45, 2.75) is 31.7 Å². The molecule has 0 amide bonds. The van der Waals surface area contributed by atoms with Crippen molar-refractivity contribution in [1.82, 2.24) is 19.7 Å². The molecular formula is C15H12F2N4O3. The summed E-state index contributed by atoms with van der Waals surface area (Å²) >= 11 is 0. The van der Waals surface area contributed by atoms with Gasteiger partial charge >= 0.3 is 6.43 Å². The van der Waals surface area contributed by atoms with Crippen LogP contribution in [0.2, 0.25) is 0 Å². The van der Waals surface area contributed by atoms with Gasteiger partial charge in [-0.1, -0.05) is 0 Å². The highest BCUT2D eigenvalue weighted by Crippen LogP contribution is 2.39. The van der Waals surface area contributed by atoms with Crippen LogP contribution in [0.4, 0.5) is 8.78 Å². The molecule has 3 heterocycles. The van der Waals surface area contributed by atoms with Crippen molar-refractivity contribution in [1.29, 1.82) is 0 Å². The Balaban J connectivity index is 1.55. The highest BCUT2D eigenvalue weighted by Gasteiger charge is 2.28. The standard InChI is InChI=1S/C15H12F2N4O3/c16-12(17)15-20-19-14(24-15)9-3-4-21(11(22)5-9)7-10-6-18-13(23-10)8-1-2-8/h3-6,8,12H,1-2,7H2. The zero-order valence-electron chi connectivity index (χ0n) is 12.4. The van der Waals surface area contributed by atoms with Gasteiger partial charge in [-0.2, -0.15) is 8.78 Å². The van der Waals surface area contributed by atoms with Crippen molar-refractivity contribution in [3.63, 3.8) is 0 Å². The lowest BCUT2D eigenvalue weighted by Crippen LogP contribution is -2.18. The third-order valence-corrected chi connectivity index (χ3v) is 3.69. The summed E-state index contributed by atoms with van der Waals surface area (Å²) in [6.07, 6.45) is 2.45. The van der Waals surface area contributed by atoms with E-state index in [1.807, 2.05) is 0 Å². The van der Waals surface area contributed by atoms with Crippen molar-refractivity contribution >= 4 is 0 Å². The van der Waals surface area contributed by atoms with E-state index < -0.39 is 12.3 Å². The fourth-order valence-corrected chi connectivity index (χ4v) is 2.29. The second-order valence-electron chi connectivity index (χ2n) is 5.57. The average Bonchev–Trinajstić information content (AvgIpc) is 3.10. The molecule has 0 aliphatic heterocycles. The Hall–Kier alpha value is -2.84. The quantitative estimate of drug-likeness (QED) is 0.713. The highest BCUT2D eigenvalue weighted by molar-refractivity contribution is 5.50.